The fraction of sp³-hybridized carbons (Fsp3) is 0.227. The Balaban J connectivity index is 1.42. The number of anilines is 2. The molecule has 9 nitrogen and oxygen atoms in total. The van der Waals surface area contributed by atoms with Gasteiger partial charge in [0, 0.05) is 16.6 Å². The SMILES string of the molecule is N#Cc1ccc(NC2CCCN([N+]34C=C(c5ccc(Cl)cc5Cl)N=CC3=NC=N4)C2)nc1N. The highest BCUT2D eigenvalue weighted by molar-refractivity contribution is 6.36. The summed E-state index contributed by atoms with van der Waals surface area (Å²) in [6, 6.07) is 10.9. The number of nitrogens with one attached hydrogen (secondary N) is 1. The number of halogens is 2. The van der Waals surface area contributed by atoms with Gasteiger partial charge < -0.3 is 11.1 Å². The third-order valence-electron chi connectivity index (χ3n) is 5.81. The van der Waals surface area contributed by atoms with Gasteiger partial charge >= 0.3 is 0 Å². The number of nitrogens with zero attached hydrogens (tertiary/aromatic N) is 7. The van der Waals surface area contributed by atoms with E-state index in [1.165, 1.54) is 0 Å². The predicted octanol–water partition coefficient (Wildman–Crippen LogP) is 3.89. The Bertz CT molecular complexity index is 1280. The third-order valence-corrected chi connectivity index (χ3v) is 6.36. The monoisotopic (exact) mass is 480 g/mol. The Morgan fingerprint density at radius 1 is 1.24 bits per heavy atom. The molecule has 1 aromatic heterocycles. The molecule has 1 aromatic carbocycles. The van der Waals surface area contributed by atoms with E-state index < -0.39 is 0 Å². The van der Waals surface area contributed by atoms with Crippen molar-refractivity contribution in [2.75, 3.05) is 24.1 Å². The second kappa shape index (κ2) is 8.57. The summed E-state index contributed by atoms with van der Waals surface area (Å²) in [6.45, 7) is 1.51. The molecule has 166 valence electrons. The van der Waals surface area contributed by atoms with Crippen LogP contribution >= 0.6 is 23.2 Å². The first-order valence-corrected chi connectivity index (χ1v) is 11.2. The Labute approximate surface area is 200 Å². The lowest BCUT2D eigenvalue weighted by Gasteiger charge is -2.40. The number of fused-ring (bicyclic) bond motifs is 1. The van der Waals surface area contributed by atoms with Crippen LogP contribution in [0.5, 0.6) is 0 Å². The van der Waals surface area contributed by atoms with Gasteiger partial charge in [-0.15, -0.1) is 5.01 Å². The minimum atomic E-state index is 0.0961. The van der Waals surface area contributed by atoms with Gasteiger partial charge in [-0.1, -0.05) is 23.2 Å². The molecule has 3 aliphatic heterocycles. The van der Waals surface area contributed by atoms with Crippen molar-refractivity contribution in [2.45, 2.75) is 18.9 Å². The molecule has 2 aromatic rings. The van der Waals surface area contributed by atoms with Crippen LogP contribution in [0, 0.1) is 11.3 Å². The number of pyridine rings is 1. The van der Waals surface area contributed by atoms with Crippen LogP contribution in [0.3, 0.4) is 0 Å². The molecule has 0 spiro atoms. The molecule has 1 fully saturated rings. The van der Waals surface area contributed by atoms with E-state index in [0.717, 1.165) is 24.9 Å². The van der Waals surface area contributed by atoms with Crippen LogP contribution in [-0.2, 0) is 0 Å². The molecule has 3 N–H and O–H groups in total. The van der Waals surface area contributed by atoms with Gasteiger partial charge in [0.1, 0.15) is 29.6 Å². The number of rotatable bonds is 4. The zero-order valence-electron chi connectivity index (χ0n) is 17.5. The summed E-state index contributed by atoms with van der Waals surface area (Å²) in [5.41, 5.74) is 7.72. The number of nitriles is 1. The van der Waals surface area contributed by atoms with Crippen molar-refractivity contribution in [1.29, 1.82) is 5.26 Å². The van der Waals surface area contributed by atoms with Gasteiger partial charge in [0.2, 0.25) is 0 Å². The Morgan fingerprint density at radius 2 is 2.12 bits per heavy atom. The van der Waals surface area contributed by atoms with E-state index in [1.807, 2.05) is 18.3 Å². The Hall–Kier alpha value is -3.29. The van der Waals surface area contributed by atoms with Gasteiger partial charge in [-0.05, 0) is 53.0 Å². The van der Waals surface area contributed by atoms with Crippen LogP contribution in [0.1, 0.15) is 24.0 Å². The summed E-state index contributed by atoms with van der Waals surface area (Å²) in [5, 5.41) is 20.5. The molecule has 3 aliphatic rings. The molecule has 33 heavy (non-hydrogen) atoms. The summed E-state index contributed by atoms with van der Waals surface area (Å²) in [7, 11) is 0. The molecule has 1 saturated heterocycles. The molecule has 11 heteroatoms. The number of hydrogen-bond donors (Lipinski definition) is 2. The number of piperidine rings is 1. The Kier molecular flexibility index (Phi) is 5.60. The number of amidine groups is 1. The van der Waals surface area contributed by atoms with E-state index in [0.29, 0.717) is 39.5 Å². The van der Waals surface area contributed by atoms with Crippen molar-refractivity contribution < 1.29 is 4.70 Å². The molecular formula is C22H20Cl2N9+. The molecule has 0 amide bonds. The van der Waals surface area contributed by atoms with Crippen LogP contribution in [-0.4, -0.2) is 52.2 Å². The zero-order valence-corrected chi connectivity index (χ0v) is 19.0. The van der Waals surface area contributed by atoms with Crippen LogP contribution in [0.15, 0.2) is 51.6 Å². The summed E-state index contributed by atoms with van der Waals surface area (Å²) in [4.78, 5) is 13.3. The third kappa shape index (κ3) is 3.98. The van der Waals surface area contributed by atoms with Crippen LogP contribution in [0.2, 0.25) is 10.0 Å². The van der Waals surface area contributed by atoms with E-state index in [1.54, 1.807) is 36.8 Å². The molecular weight excluding hydrogens is 461 g/mol. The fourth-order valence-corrected chi connectivity index (χ4v) is 4.71. The highest BCUT2D eigenvalue weighted by Crippen LogP contribution is 2.35. The first-order chi connectivity index (χ1) is 16.0. The highest BCUT2D eigenvalue weighted by Gasteiger charge is 2.47. The van der Waals surface area contributed by atoms with E-state index >= 15 is 0 Å². The molecule has 2 atom stereocenters. The molecule has 0 radical (unpaired) electrons. The van der Waals surface area contributed by atoms with Gasteiger partial charge in [0.25, 0.3) is 5.84 Å². The first kappa shape index (κ1) is 21.6. The predicted molar refractivity (Wildman–Crippen MR) is 131 cm³/mol. The lowest BCUT2D eigenvalue weighted by atomic mass is 10.1. The maximum Gasteiger partial charge on any atom is 0.300 e. The van der Waals surface area contributed by atoms with E-state index in [2.05, 4.69) is 25.3 Å². The molecule has 0 bridgehead atoms. The van der Waals surface area contributed by atoms with Gasteiger partial charge in [-0.2, -0.15) is 10.3 Å². The summed E-state index contributed by atoms with van der Waals surface area (Å²) < 4.78 is 0.0961. The van der Waals surface area contributed by atoms with Crippen molar-refractivity contribution >= 4 is 58.9 Å². The largest absolute Gasteiger partial charge is 0.383 e. The summed E-state index contributed by atoms with van der Waals surface area (Å²) in [6.07, 6.45) is 7.16. The van der Waals surface area contributed by atoms with Gasteiger partial charge in [0.05, 0.1) is 23.7 Å². The second-order valence-electron chi connectivity index (χ2n) is 7.90. The summed E-state index contributed by atoms with van der Waals surface area (Å²) >= 11 is 12.5. The second-order valence-corrected chi connectivity index (χ2v) is 8.75. The highest BCUT2D eigenvalue weighted by atomic mass is 35.5. The number of nitrogen functional groups attached to an aromatic ring is 1. The molecule has 0 aliphatic carbocycles. The number of benzene rings is 1. The maximum absolute atomic E-state index is 9.08. The topological polar surface area (TPSA) is 115 Å². The average molecular weight is 481 g/mol. The molecule has 5 rings (SSSR count). The van der Waals surface area contributed by atoms with Gasteiger partial charge in [0.15, 0.2) is 12.5 Å². The van der Waals surface area contributed by atoms with Crippen LogP contribution < -0.4 is 11.1 Å². The summed E-state index contributed by atoms with van der Waals surface area (Å²) in [5.74, 6) is 1.57. The lowest BCUT2D eigenvalue weighted by molar-refractivity contribution is -0.917. The van der Waals surface area contributed by atoms with Crippen molar-refractivity contribution in [3.05, 3.63) is 57.7 Å². The quantitative estimate of drug-likeness (QED) is 0.643. The van der Waals surface area contributed by atoms with Crippen molar-refractivity contribution in [3.8, 4) is 6.07 Å². The van der Waals surface area contributed by atoms with Crippen LogP contribution in [0.4, 0.5) is 11.6 Å². The minimum Gasteiger partial charge on any atom is -0.383 e. The smallest absolute Gasteiger partial charge is 0.300 e. The van der Waals surface area contributed by atoms with Crippen molar-refractivity contribution in [3.63, 3.8) is 0 Å². The standard InChI is InChI=1S/C22H20Cl2N9/c23-15-4-5-17(18(24)8-15)19-12-33(21(10-27-19)28-13-29-33)32-7-1-2-16(11-32)30-20-6-3-14(9-25)22(26)31-20/h3-6,8,10,12-13,16H,1-2,7,11H2,(H3,26,30,31)/q+1. The molecule has 4 heterocycles. The number of aliphatic imine (C=N–C) groups is 2. The number of nitrogens with two attached hydrogens (primary N) is 1. The average Bonchev–Trinajstić information content (AvgIpc) is 3.24. The van der Waals surface area contributed by atoms with E-state index in [9.17, 15) is 0 Å². The number of aromatic nitrogens is 1. The van der Waals surface area contributed by atoms with Gasteiger partial charge in [-0.3, -0.25) is 0 Å². The Morgan fingerprint density at radius 3 is 2.91 bits per heavy atom. The van der Waals surface area contributed by atoms with Crippen molar-refractivity contribution in [2.24, 2.45) is 15.1 Å². The van der Waals surface area contributed by atoms with E-state index in [4.69, 9.17) is 39.3 Å². The van der Waals surface area contributed by atoms with E-state index in [-0.39, 0.29) is 16.6 Å². The molecule has 0 saturated carbocycles. The minimum absolute atomic E-state index is 0.0961. The number of quaternary nitrogens is 1. The zero-order chi connectivity index (χ0) is 23.0. The van der Waals surface area contributed by atoms with Gasteiger partial charge in [-0.25, -0.2) is 9.98 Å². The van der Waals surface area contributed by atoms with Crippen molar-refractivity contribution in [1.82, 2.24) is 9.99 Å². The van der Waals surface area contributed by atoms with Crippen LogP contribution in [0.25, 0.3) is 5.70 Å². The first-order valence-electron chi connectivity index (χ1n) is 10.4. The normalized spacial score (nSPS) is 24.1. The molecule has 2 unspecified atom stereocenters. The maximum atomic E-state index is 9.08. The number of hydrogen-bond acceptors (Lipinski definition) is 8. The fourth-order valence-electron chi connectivity index (χ4n) is 4.20. The lowest BCUT2D eigenvalue weighted by Crippen LogP contribution is -2.61.